The molecule has 5 rings (SSSR count). The molecule has 11 nitrogen and oxygen atoms in total. The SMILES string of the molecule is O=C(Nc1ncccc1C(=O)Nc1n[nH]c2c1CN(S(=O)(=O)c1cc(F)cc(F)c1)CC2)c1cc[nH]c1. The first-order valence-corrected chi connectivity index (χ1v) is 12.4. The molecule has 1 aliphatic heterocycles. The molecule has 0 saturated heterocycles. The molecule has 2 amide bonds. The number of pyridine rings is 1. The highest BCUT2D eigenvalue weighted by Gasteiger charge is 2.32. The number of hydrogen-bond acceptors (Lipinski definition) is 6. The number of aromatic nitrogens is 4. The number of anilines is 2. The largest absolute Gasteiger partial charge is 0.367 e. The van der Waals surface area contributed by atoms with Gasteiger partial charge in [-0.25, -0.2) is 22.2 Å². The summed E-state index contributed by atoms with van der Waals surface area (Å²) >= 11 is 0. The molecule has 0 atom stereocenters. The first-order chi connectivity index (χ1) is 17.7. The van der Waals surface area contributed by atoms with Crippen molar-refractivity contribution < 1.29 is 26.8 Å². The molecular weight excluding hydrogens is 508 g/mol. The Bertz CT molecular complexity index is 1580. The molecule has 190 valence electrons. The van der Waals surface area contributed by atoms with Crippen molar-refractivity contribution in [2.24, 2.45) is 0 Å². The van der Waals surface area contributed by atoms with Crippen molar-refractivity contribution in [1.82, 2.24) is 24.5 Å². The van der Waals surface area contributed by atoms with Gasteiger partial charge in [-0.05, 0) is 30.3 Å². The normalized spacial score (nSPS) is 13.7. The Morgan fingerprint density at radius 1 is 1.03 bits per heavy atom. The van der Waals surface area contributed by atoms with Crippen LogP contribution in [0, 0.1) is 11.6 Å². The summed E-state index contributed by atoms with van der Waals surface area (Å²) in [6.45, 7) is -0.146. The Morgan fingerprint density at radius 2 is 1.78 bits per heavy atom. The molecule has 37 heavy (non-hydrogen) atoms. The minimum Gasteiger partial charge on any atom is -0.367 e. The van der Waals surface area contributed by atoms with Gasteiger partial charge in [0.25, 0.3) is 11.8 Å². The van der Waals surface area contributed by atoms with Crippen molar-refractivity contribution in [2.75, 3.05) is 17.2 Å². The molecule has 0 radical (unpaired) electrons. The lowest BCUT2D eigenvalue weighted by atomic mass is 10.1. The number of amides is 2. The topological polar surface area (TPSA) is 153 Å². The van der Waals surface area contributed by atoms with Gasteiger partial charge in [-0.15, -0.1) is 0 Å². The zero-order chi connectivity index (χ0) is 26.2. The highest BCUT2D eigenvalue weighted by molar-refractivity contribution is 7.89. The third-order valence-electron chi connectivity index (χ3n) is 5.75. The van der Waals surface area contributed by atoms with Crippen LogP contribution in [0.1, 0.15) is 32.0 Å². The molecule has 4 heterocycles. The van der Waals surface area contributed by atoms with Gasteiger partial charge >= 0.3 is 0 Å². The summed E-state index contributed by atoms with van der Waals surface area (Å²) in [5.74, 6) is -3.03. The van der Waals surface area contributed by atoms with E-state index >= 15 is 0 Å². The molecule has 0 bridgehead atoms. The molecule has 1 aliphatic rings. The van der Waals surface area contributed by atoms with Crippen LogP contribution in [0.15, 0.2) is 59.9 Å². The molecule has 4 aromatic rings. The van der Waals surface area contributed by atoms with Gasteiger partial charge in [0.05, 0.1) is 16.0 Å². The van der Waals surface area contributed by atoms with Crippen LogP contribution >= 0.6 is 0 Å². The fraction of sp³-hybridized carbons (Fsp3) is 0.130. The number of benzene rings is 1. The summed E-state index contributed by atoms with van der Waals surface area (Å²) in [5.41, 5.74) is 1.41. The summed E-state index contributed by atoms with van der Waals surface area (Å²) in [6, 6.07) is 6.63. The lowest BCUT2D eigenvalue weighted by molar-refractivity contribution is 0.102. The second-order valence-corrected chi connectivity index (χ2v) is 10.1. The van der Waals surface area contributed by atoms with Crippen molar-refractivity contribution in [3.63, 3.8) is 0 Å². The fourth-order valence-corrected chi connectivity index (χ4v) is 5.37. The summed E-state index contributed by atoms with van der Waals surface area (Å²) in [6.07, 6.45) is 4.72. The van der Waals surface area contributed by atoms with Crippen molar-refractivity contribution in [3.8, 4) is 0 Å². The average molecular weight is 528 g/mol. The van der Waals surface area contributed by atoms with Crippen molar-refractivity contribution in [3.05, 3.63) is 89.0 Å². The molecule has 0 fully saturated rings. The van der Waals surface area contributed by atoms with Crippen molar-refractivity contribution >= 4 is 33.5 Å². The molecule has 0 unspecified atom stereocenters. The quantitative estimate of drug-likeness (QED) is 0.302. The summed E-state index contributed by atoms with van der Waals surface area (Å²) in [4.78, 5) is 31.8. The smallest absolute Gasteiger partial charge is 0.260 e. The van der Waals surface area contributed by atoms with E-state index in [-0.39, 0.29) is 36.7 Å². The number of nitrogens with one attached hydrogen (secondary N) is 4. The fourth-order valence-electron chi connectivity index (χ4n) is 3.91. The summed E-state index contributed by atoms with van der Waals surface area (Å²) in [5, 5.41) is 12.1. The Morgan fingerprint density at radius 3 is 2.51 bits per heavy atom. The second kappa shape index (κ2) is 9.55. The number of halogens is 2. The van der Waals surface area contributed by atoms with Gasteiger partial charge in [-0.1, -0.05) is 0 Å². The van der Waals surface area contributed by atoms with E-state index < -0.39 is 38.4 Å². The van der Waals surface area contributed by atoms with Gasteiger partial charge in [0.15, 0.2) is 5.82 Å². The number of aromatic amines is 2. The van der Waals surface area contributed by atoms with E-state index in [2.05, 4.69) is 30.8 Å². The monoisotopic (exact) mass is 527 g/mol. The van der Waals surface area contributed by atoms with Gasteiger partial charge in [0.2, 0.25) is 10.0 Å². The molecule has 0 aliphatic carbocycles. The maximum atomic E-state index is 13.7. The molecule has 4 N–H and O–H groups in total. The van der Waals surface area contributed by atoms with E-state index in [1.807, 2.05) is 0 Å². The minimum atomic E-state index is -4.23. The summed E-state index contributed by atoms with van der Waals surface area (Å²) < 4.78 is 54.5. The van der Waals surface area contributed by atoms with Crippen LogP contribution in [0.25, 0.3) is 0 Å². The standard InChI is InChI=1S/C23H19F2N7O4S/c24-14-8-15(25)10-16(9-14)37(35,36)32-7-4-19-18(12-32)21(31-30-19)29-23(34)17-2-1-5-27-20(17)28-22(33)13-3-6-26-11-13/h1-3,5-6,8-11,26H,4,7,12H2,(H,27,28,33)(H2,29,30,31,34). The first kappa shape index (κ1) is 24.3. The highest BCUT2D eigenvalue weighted by atomic mass is 32.2. The number of sulfonamides is 1. The predicted octanol–water partition coefficient (Wildman–Crippen LogP) is 2.66. The Hall–Kier alpha value is -4.43. The lowest BCUT2D eigenvalue weighted by Gasteiger charge is -2.26. The van der Waals surface area contributed by atoms with E-state index in [0.29, 0.717) is 22.9 Å². The summed E-state index contributed by atoms with van der Waals surface area (Å²) in [7, 11) is -4.23. The van der Waals surface area contributed by atoms with Gasteiger partial charge in [-0.2, -0.15) is 9.40 Å². The maximum absolute atomic E-state index is 13.7. The Kier molecular flexibility index (Phi) is 6.27. The molecular formula is C23H19F2N7O4S. The number of carbonyl (C=O) groups excluding carboxylic acids is 2. The van der Waals surface area contributed by atoms with Gasteiger partial charge in [-0.3, -0.25) is 14.7 Å². The Balaban J connectivity index is 1.37. The number of nitrogens with zero attached hydrogens (tertiary/aromatic N) is 3. The van der Waals surface area contributed by atoms with E-state index in [4.69, 9.17) is 0 Å². The molecule has 0 saturated carbocycles. The van der Waals surface area contributed by atoms with E-state index in [1.54, 1.807) is 12.3 Å². The number of H-pyrrole nitrogens is 2. The van der Waals surface area contributed by atoms with E-state index in [1.165, 1.54) is 24.5 Å². The molecule has 3 aromatic heterocycles. The number of rotatable bonds is 6. The van der Waals surface area contributed by atoms with Crippen molar-refractivity contribution in [1.29, 1.82) is 0 Å². The van der Waals surface area contributed by atoms with Gasteiger partial charge < -0.3 is 15.6 Å². The Labute approximate surface area is 209 Å². The third-order valence-corrected chi connectivity index (χ3v) is 7.57. The first-order valence-electron chi connectivity index (χ1n) is 11.0. The molecule has 1 aromatic carbocycles. The van der Waals surface area contributed by atoms with Crippen LogP contribution in [-0.4, -0.2) is 51.2 Å². The number of fused-ring (bicyclic) bond motifs is 1. The van der Waals surface area contributed by atoms with Gasteiger partial charge in [0, 0.05) is 55.4 Å². The highest BCUT2D eigenvalue weighted by Crippen LogP contribution is 2.29. The van der Waals surface area contributed by atoms with Crippen molar-refractivity contribution in [2.45, 2.75) is 17.9 Å². The molecule has 14 heteroatoms. The number of hydrogen-bond donors (Lipinski definition) is 4. The zero-order valence-corrected chi connectivity index (χ0v) is 19.8. The third kappa shape index (κ3) is 4.83. The van der Waals surface area contributed by atoms with Crippen LogP contribution in [0.2, 0.25) is 0 Å². The molecule has 0 spiro atoms. The lowest BCUT2D eigenvalue weighted by Crippen LogP contribution is -2.36. The van der Waals surface area contributed by atoms with Crippen LogP contribution in [-0.2, 0) is 23.0 Å². The minimum absolute atomic E-state index is 0.0212. The van der Waals surface area contributed by atoms with Crippen LogP contribution < -0.4 is 10.6 Å². The van der Waals surface area contributed by atoms with Gasteiger partial charge in [0.1, 0.15) is 17.5 Å². The predicted molar refractivity (Wildman–Crippen MR) is 127 cm³/mol. The second-order valence-electron chi connectivity index (χ2n) is 8.13. The van der Waals surface area contributed by atoms with Crippen LogP contribution in [0.5, 0.6) is 0 Å². The van der Waals surface area contributed by atoms with E-state index in [9.17, 15) is 26.8 Å². The van der Waals surface area contributed by atoms with Crippen LogP contribution in [0.3, 0.4) is 0 Å². The van der Waals surface area contributed by atoms with Crippen LogP contribution in [0.4, 0.5) is 20.4 Å². The maximum Gasteiger partial charge on any atom is 0.260 e. The van der Waals surface area contributed by atoms with E-state index in [0.717, 1.165) is 16.4 Å². The number of carbonyl (C=O) groups is 2. The zero-order valence-electron chi connectivity index (χ0n) is 19.0. The average Bonchev–Trinajstić information content (AvgIpc) is 3.54.